The van der Waals surface area contributed by atoms with E-state index in [9.17, 15) is 0 Å². The van der Waals surface area contributed by atoms with Crippen LogP contribution in [0.5, 0.6) is 0 Å². The van der Waals surface area contributed by atoms with Crippen LogP contribution in [0.3, 0.4) is 0 Å². The van der Waals surface area contributed by atoms with Crippen molar-refractivity contribution in [2.24, 2.45) is 0 Å². The van der Waals surface area contributed by atoms with E-state index in [0.717, 1.165) is 13.0 Å². The first-order valence-electron chi connectivity index (χ1n) is 4.60. The summed E-state index contributed by atoms with van der Waals surface area (Å²) in [4.78, 5) is 4.22. The van der Waals surface area contributed by atoms with Crippen LogP contribution < -0.4 is 12.3 Å². The summed E-state index contributed by atoms with van der Waals surface area (Å²) >= 11 is 0. The van der Waals surface area contributed by atoms with E-state index >= 15 is 0 Å². The third-order valence-electron chi connectivity index (χ3n) is 2.06. The maximum atomic E-state index is 8.74. The van der Waals surface area contributed by atoms with Crippen molar-refractivity contribution in [1.82, 2.24) is 22.1 Å². The van der Waals surface area contributed by atoms with Gasteiger partial charge in [0, 0.05) is 32.1 Å². The number of halogens is 2. The van der Waals surface area contributed by atoms with E-state index in [1.807, 2.05) is 28.2 Å². The molecule has 8 N–H and O–H groups in total. The summed E-state index contributed by atoms with van der Waals surface area (Å²) in [7, 11) is 8.06. The van der Waals surface area contributed by atoms with Crippen LogP contribution in [0.1, 0.15) is 12.8 Å². The van der Waals surface area contributed by atoms with Crippen LogP contribution in [0.25, 0.3) is 0 Å². The van der Waals surface area contributed by atoms with Crippen LogP contribution in [0.2, 0.25) is 0 Å². The monoisotopic (exact) mass is 360 g/mol. The molecule has 0 saturated heterocycles. The fourth-order valence-corrected chi connectivity index (χ4v) is 1.28. The van der Waals surface area contributed by atoms with E-state index < -0.39 is 6.29 Å². The maximum Gasteiger partial charge on any atom is 0.151 e. The first-order chi connectivity index (χ1) is 5.93. The zero-order chi connectivity index (χ0) is 10.4. The Morgan fingerprint density at radius 1 is 0.889 bits per heavy atom. The van der Waals surface area contributed by atoms with Crippen molar-refractivity contribution in [2.45, 2.75) is 25.2 Å². The van der Waals surface area contributed by atoms with Gasteiger partial charge in [-0.3, -0.25) is 0 Å². The van der Waals surface area contributed by atoms with Gasteiger partial charge in [-0.2, -0.15) is 0 Å². The Bertz CT molecular complexity index is 146. The molecular weight excluding hydrogens is 332 g/mol. The SMILES string of the molecule is CN(C)CC(CCC(O)O)N(C)C.Cl.Cl.N.N.[Zn]. The molecule has 0 spiro atoms. The molecule has 114 valence electrons. The zero-order valence-electron chi connectivity index (χ0n) is 12.0. The summed E-state index contributed by atoms with van der Waals surface area (Å²) in [6.45, 7) is 0.944. The average Bonchev–Trinajstić information content (AvgIpc) is 1.96. The minimum atomic E-state index is -1.18. The molecular formula is C9H30Cl2N4O2Zn. The molecule has 0 heterocycles. The quantitative estimate of drug-likeness (QED) is 0.409. The number of likely N-dealkylation sites (N-methyl/N-ethyl adjacent to an activating group) is 2. The van der Waals surface area contributed by atoms with Crippen LogP contribution in [0.4, 0.5) is 0 Å². The minimum absolute atomic E-state index is 0. The van der Waals surface area contributed by atoms with Crippen LogP contribution in [-0.4, -0.2) is 67.1 Å². The van der Waals surface area contributed by atoms with Gasteiger partial charge in [-0.1, -0.05) is 0 Å². The predicted molar refractivity (Wildman–Crippen MR) is 78.0 cm³/mol. The van der Waals surface area contributed by atoms with Crippen molar-refractivity contribution in [3.63, 3.8) is 0 Å². The van der Waals surface area contributed by atoms with E-state index in [1.54, 1.807) is 0 Å². The second kappa shape index (κ2) is 20.3. The minimum Gasteiger partial charge on any atom is -0.368 e. The van der Waals surface area contributed by atoms with Gasteiger partial charge in [0.15, 0.2) is 6.29 Å². The zero-order valence-corrected chi connectivity index (χ0v) is 16.6. The van der Waals surface area contributed by atoms with E-state index in [4.69, 9.17) is 10.2 Å². The van der Waals surface area contributed by atoms with Crippen LogP contribution in [0, 0.1) is 0 Å². The van der Waals surface area contributed by atoms with E-state index in [0.29, 0.717) is 12.5 Å². The number of aliphatic hydroxyl groups excluding tert-OH is 1. The Morgan fingerprint density at radius 2 is 1.28 bits per heavy atom. The van der Waals surface area contributed by atoms with Crippen molar-refractivity contribution < 1.29 is 29.7 Å². The standard InChI is InChI=1S/C9H22N2O2.2ClH.2H3N.Zn/c1-10(2)7-8(11(3)4)5-6-9(12)13;;;;;/h8-9,12-13H,5-7H2,1-4H3;2*1H;2*1H3;. The van der Waals surface area contributed by atoms with Crippen LogP contribution >= 0.6 is 24.8 Å². The van der Waals surface area contributed by atoms with E-state index in [1.165, 1.54) is 0 Å². The molecule has 0 aliphatic carbocycles. The summed E-state index contributed by atoms with van der Waals surface area (Å²) in [5.74, 6) is 0. The molecule has 9 heteroatoms. The molecule has 0 aromatic rings. The molecule has 0 aliphatic rings. The van der Waals surface area contributed by atoms with Crippen LogP contribution in [0.15, 0.2) is 0 Å². The van der Waals surface area contributed by atoms with Crippen molar-refractivity contribution in [3.05, 3.63) is 0 Å². The summed E-state index contributed by atoms with van der Waals surface area (Å²) in [6, 6.07) is 0.386. The van der Waals surface area contributed by atoms with Gasteiger partial charge < -0.3 is 32.3 Å². The first kappa shape index (κ1) is 36.4. The summed E-state index contributed by atoms with van der Waals surface area (Å²) in [6.07, 6.45) is 0.0733. The van der Waals surface area contributed by atoms with E-state index in [2.05, 4.69) is 9.80 Å². The molecule has 0 bridgehead atoms. The predicted octanol–water partition coefficient (Wildman–Crippen LogP) is 0.734. The van der Waals surface area contributed by atoms with Gasteiger partial charge in [-0.15, -0.1) is 24.8 Å². The molecule has 6 nitrogen and oxygen atoms in total. The molecule has 0 radical (unpaired) electrons. The smallest absolute Gasteiger partial charge is 0.151 e. The Morgan fingerprint density at radius 3 is 1.50 bits per heavy atom. The van der Waals surface area contributed by atoms with Crippen molar-refractivity contribution >= 4 is 24.8 Å². The Balaban J connectivity index is -0.0000000720. The summed E-state index contributed by atoms with van der Waals surface area (Å²) in [5, 5.41) is 17.5. The number of hydrogen-bond donors (Lipinski definition) is 4. The van der Waals surface area contributed by atoms with Gasteiger partial charge in [0.05, 0.1) is 0 Å². The molecule has 0 aliphatic heterocycles. The second-order valence-corrected chi connectivity index (χ2v) is 3.94. The van der Waals surface area contributed by atoms with Gasteiger partial charge >= 0.3 is 0 Å². The molecule has 0 aromatic carbocycles. The molecule has 1 unspecified atom stereocenters. The largest absolute Gasteiger partial charge is 0.368 e. The normalized spacial score (nSPS) is 10.5. The molecule has 0 fully saturated rings. The fourth-order valence-electron chi connectivity index (χ4n) is 1.28. The number of rotatable bonds is 6. The maximum absolute atomic E-state index is 8.74. The van der Waals surface area contributed by atoms with Crippen molar-refractivity contribution in [2.75, 3.05) is 34.7 Å². The molecule has 18 heavy (non-hydrogen) atoms. The molecule has 0 aromatic heterocycles. The average molecular weight is 363 g/mol. The Hall–Kier alpha value is 0.963. The molecule has 1 atom stereocenters. The van der Waals surface area contributed by atoms with Gasteiger partial charge in [-0.05, 0) is 41.0 Å². The fraction of sp³-hybridized carbons (Fsp3) is 1.00. The van der Waals surface area contributed by atoms with Gasteiger partial charge in [-0.25, -0.2) is 0 Å². The first-order valence-corrected chi connectivity index (χ1v) is 4.60. The molecule has 0 amide bonds. The van der Waals surface area contributed by atoms with Crippen LogP contribution in [-0.2, 0) is 19.5 Å². The topological polar surface area (TPSA) is 117 Å². The summed E-state index contributed by atoms with van der Waals surface area (Å²) in [5.41, 5.74) is 0. The number of aliphatic hydroxyl groups is 2. The number of nitrogens with zero attached hydrogens (tertiary/aromatic N) is 2. The van der Waals surface area contributed by atoms with Crippen molar-refractivity contribution in [3.8, 4) is 0 Å². The third-order valence-corrected chi connectivity index (χ3v) is 2.06. The molecule has 0 rings (SSSR count). The van der Waals surface area contributed by atoms with Gasteiger partial charge in [0.2, 0.25) is 0 Å². The van der Waals surface area contributed by atoms with Gasteiger partial charge in [0.25, 0.3) is 0 Å². The third kappa shape index (κ3) is 22.2. The van der Waals surface area contributed by atoms with E-state index in [-0.39, 0.29) is 56.6 Å². The summed E-state index contributed by atoms with van der Waals surface area (Å²) < 4.78 is 0. The Labute approximate surface area is 136 Å². The van der Waals surface area contributed by atoms with Crippen molar-refractivity contribution in [1.29, 1.82) is 0 Å². The number of hydrogen-bond acceptors (Lipinski definition) is 6. The second-order valence-electron chi connectivity index (χ2n) is 3.94. The molecule has 0 saturated carbocycles. The van der Waals surface area contributed by atoms with Gasteiger partial charge in [0.1, 0.15) is 0 Å². The Kier molecular flexibility index (Phi) is 41.0.